The van der Waals surface area contributed by atoms with E-state index in [1.807, 2.05) is 0 Å². The summed E-state index contributed by atoms with van der Waals surface area (Å²) in [6.07, 6.45) is 3.99. The molecule has 0 radical (unpaired) electrons. The van der Waals surface area contributed by atoms with Crippen molar-refractivity contribution in [1.29, 1.82) is 0 Å². The van der Waals surface area contributed by atoms with Crippen molar-refractivity contribution in [2.45, 2.75) is 25.4 Å². The van der Waals surface area contributed by atoms with Crippen molar-refractivity contribution in [3.63, 3.8) is 0 Å². The lowest BCUT2D eigenvalue weighted by Gasteiger charge is -2.17. The highest BCUT2D eigenvalue weighted by Gasteiger charge is 2.26. The van der Waals surface area contributed by atoms with Crippen LogP contribution in [0.25, 0.3) is 0 Å². The zero-order chi connectivity index (χ0) is 8.97. The van der Waals surface area contributed by atoms with Crippen LogP contribution < -0.4 is 5.73 Å². The molecule has 0 heterocycles. The van der Waals surface area contributed by atoms with Crippen LogP contribution in [0.15, 0.2) is 11.1 Å². The van der Waals surface area contributed by atoms with E-state index in [1.165, 1.54) is 12.8 Å². The second-order valence-electron chi connectivity index (χ2n) is 3.29. The lowest BCUT2D eigenvalue weighted by molar-refractivity contribution is 0.0479. The van der Waals surface area contributed by atoms with Gasteiger partial charge in [0.25, 0.3) is 0 Å². The van der Waals surface area contributed by atoms with Crippen LogP contribution in [0.2, 0.25) is 0 Å². The summed E-state index contributed by atoms with van der Waals surface area (Å²) in [5.41, 5.74) is 5.62. The number of halogens is 1. The van der Waals surface area contributed by atoms with Gasteiger partial charge in [-0.25, -0.2) is 0 Å². The number of hydrogen-bond donors (Lipinski definition) is 1. The van der Waals surface area contributed by atoms with Crippen LogP contribution in [0.3, 0.4) is 0 Å². The minimum Gasteiger partial charge on any atom is -0.373 e. The number of ether oxygens (including phenoxy) is 1. The van der Waals surface area contributed by atoms with Crippen LogP contribution in [0.1, 0.15) is 19.3 Å². The summed E-state index contributed by atoms with van der Waals surface area (Å²) >= 11 is 3.27. The molecule has 2 unspecified atom stereocenters. The quantitative estimate of drug-likeness (QED) is 0.807. The topological polar surface area (TPSA) is 35.2 Å². The second-order valence-corrected chi connectivity index (χ2v) is 4.41. The molecule has 0 aromatic rings. The molecule has 0 amide bonds. The molecular formula is C9H16BrNO. The van der Waals surface area contributed by atoms with E-state index in [0.29, 0.717) is 18.6 Å². The normalized spacial score (nSPS) is 29.2. The predicted molar refractivity (Wildman–Crippen MR) is 54.2 cm³/mol. The van der Waals surface area contributed by atoms with Crippen LogP contribution in [-0.4, -0.2) is 19.3 Å². The van der Waals surface area contributed by atoms with E-state index < -0.39 is 0 Å². The molecule has 0 spiro atoms. The lowest BCUT2D eigenvalue weighted by atomic mass is 10.1. The van der Waals surface area contributed by atoms with Crippen LogP contribution in [-0.2, 0) is 4.74 Å². The number of rotatable bonds is 4. The molecule has 1 aliphatic carbocycles. The Hall–Kier alpha value is 0.140. The van der Waals surface area contributed by atoms with Crippen molar-refractivity contribution < 1.29 is 4.74 Å². The molecule has 12 heavy (non-hydrogen) atoms. The average Bonchev–Trinajstić information content (AvgIpc) is 2.47. The Morgan fingerprint density at radius 2 is 2.33 bits per heavy atom. The van der Waals surface area contributed by atoms with Gasteiger partial charge in [0, 0.05) is 4.48 Å². The van der Waals surface area contributed by atoms with E-state index in [-0.39, 0.29) is 0 Å². The summed E-state index contributed by atoms with van der Waals surface area (Å²) in [6.45, 7) is 5.09. The van der Waals surface area contributed by atoms with Crippen LogP contribution in [0.5, 0.6) is 0 Å². The number of nitrogens with two attached hydrogens (primary N) is 1. The Balaban J connectivity index is 2.26. The molecule has 0 aliphatic heterocycles. The summed E-state index contributed by atoms with van der Waals surface area (Å²) in [7, 11) is 0. The lowest BCUT2D eigenvalue weighted by Crippen LogP contribution is -2.25. The Labute approximate surface area is 82.3 Å². The Bertz CT molecular complexity index is 161. The van der Waals surface area contributed by atoms with Gasteiger partial charge in [0.15, 0.2) is 0 Å². The summed E-state index contributed by atoms with van der Waals surface area (Å²) in [4.78, 5) is 0. The molecule has 70 valence electrons. The van der Waals surface area contributed by atoms with E-state index in [4.69, 9.17) is 10.5 Å². The first-order valence-electron chi connectivity index (χ1n) is 4.39. The van der Waals surface area contributed by atoms with Gasteiger partial charge in [-0.2, -0.15) is 0 Å². The highest BCUT2D eigenvalue weighted by molar-refractivity contribution is 9.11. The third-order valence-corrected chi connectivity index (χ3v) is 2.58. The average molecular weight is 234 g/mol. The van der Waals surface area contributed by atoms with Crippen LogP contribution in [0, 0.1) is 5.92 Å². The van der Waals surface area contributed by atoms with E-state index in [1.54, 1.807) is 0 Å². The van der Waals surface area contributed by atoms with Gasteiger partial charge in [0.1, 0.15) is 0 Å². The van der Waals surface area contributed by atoms with Gasteiger partial charge in [-0.3, -0.25) is 0 Å². The fraction of sp³-hybridized carbons (Fsp3) is 0.778. The Morgan fingerprint density at radius 1 is 1.58 bits per heavy atom. The maximum absolute atomic E-state index is 5.64. The molecule has 1 aliphatic rings. The third kappa shape index (κ3) is 2.88. The molecule has 1 fully saturated rings. The second kappa shape index (κ2) is 5.00. The first-order chi connectivity index (χ1) is 5.74. The molecule has 2 nitrogen and oxygen atoms in total. The van der Waals surface area contributed by atoms with Gasteiger partial charge >= 0.3 is 0 Å². The Kier molecular flexibility index (Phi) is 4.26. The van der Waals surface area contributed by atoms with Crippen LogP contribution in [0.4, 0.5) is 0 Å². The minimum absolute atomic E-state index is 0.365. The van der Waals surface area contributed by atoms with Crippen molar-refractivity contribution in [2.24, 2.45) is 11.7 Å². The minimum atomic E-state index is 0.365. The van der Waals surface area contributed by atoms with Gasteiger partial charge in [-0.15, -0.1) is 0 Å². The zero-order valence-electron chi connectivity index (χ0n) is 7.26. The highest BCUT2D eigenvalue weighted by Crippen LogP contribution is 2.27. The van der Waals surface area contributed by atoms with Gasteiger partial charge in [0.05, 0.1) is 12.7 Å². The largest absolute Gasteiger partial charge is 0.373 e. The molecule has 0 saturated heterocycles. The number of hydrogen-bond acceptors (Lipinski definition) is 2. The Morgan fingerprint density at radius 3 is 2.92 bits per heavy atom. The summed E-state index contributed by atoms with van der Waals surface area (Å²) in [5.74, 6) is 0.567. The van der Waals surface area contributed by atoms with E-state index >= 15 is 0 Å². The summed E-state index contributed by atoms with van der Waals surface area (Å²) in [5, 5.41) is 0. The first-order valence-corrected chi connectivity index (χ1v) is 5.18. The molecule has 1 rings (SSSR count). The molecule has 2 atom stereocenters. The van der Waals surface area contributed by atoms with Gasteiger partial charge in [-0.1, -0.05) is 28.9 Å². The van der Waals surface area contributed by atoms with Crippen molar-refractivity contribution >= 4 is 15.9 Å². The van der Waals surface area contributed by atoms with Gasteiger partial charge in [0.2, 0.25) is 0 Å². The van der Waals surface area contributed by atoms with Crippen molar-refractivity contribution in [3.8, 4) is 0 Å². The van der Waals surface area contributed by atoms with Crippen LogP contribution >= 0.6 is 15.9 Å². The van der Waals surface area contributed by atoms with Crippen molar-refractivity contribution in [1.82, 2.24) is 0 Å². The van der Waals surface area contributed by atoms with Gasteiger partial charge in [-0.05, 0) is 25.3 Å². The van der Waals surface area contributed by atoms with E-state index in [2.05, 4.69) is 22.5 Å². The predicted octanol–water partition coefficient (Wildman–Crippen LogP) is 2.04. The molecule has 0 aromatic heterocycles. The summed E-state index contributed by atoms with van der Waals surface area (Å²) in [6, 6.07) is 0. The zero-order valence-corrected chi connectivity index (χ0v) is 8.85. The highest BCUT2D eigenvalue weighted by atomic mass is 79.9. The van der Waals surface area contributed by atoms with Crippen molar-refractivity contribution in [3.05, 3.63) is 11.1 Å². The monoisotopic (exact) mass is 233 g/mol. The molecule has 3 heteroatoms. The molecule has 1 saturated carbocycles. The third-order valence-electron chi connectivity index (χ3n) is 2.35. The fourth-order valence-corrected chi connectivity index (χ4v) is 1.82. The maximum Gasteiger partial charge on any atom is 0.0779 e. The van der Waals surface area contributed by atoms with Crippen molar-refractivity contribution in [2.75, 3.05) is 13.2 Å². The molecule has 2 N–H and O–H groups in total. The first kappa shape index (κ1) is 10.2. The summed E-state index contributed by atoms with van der Waals surface area (Å²) < 4.78 is 6.55. The fourth-order valence-electron chi connectivity index (χ4n) is 1.69. The van der Waals surface area contributed by atoms with E-state index in [0.717, 1.165) is 17.4 Å². The molecular weight excluding hydrogens is 218 g/mol. The SMILES string of the molecule is C=C(Br)COC1CCCC1CN. The molecule has 0 aromatic carbocycles. The standard InChI is InChI=1S/C9H16BrNO/c1-7(10)6-12-9-4-2-3-8(9)5-11/h8-9H,1-6,11H2. The smallest absolute Gasteiger partial charge is 0.0779 e. The maximum atomic E-state index is 5.64. The molecule has 0 bridgehead atoms. The van der Waals surface area contributed by atoms with Gasteiger partial charge < -0.3 is 10.5 Å². The van der Waals surface area contributed by atoms with E-state index in [9.17, 15) is 0 Å².